The molecule has 1 atom stereocenters. The number of benzene rings is 1. The van der Waals surface area contributed by atoms with Crippen molar-refractivity contribution in [3.63, 3.8) is 0 Å². The number of imidazole rings is 1. The highest BCUT2D eigenvalue weighted by Crippen LogP contribution is 2.30. The number of carbonyl (C=O) groups is 1. The molecule has 5 nitrogen and oxygen atoms in total. The van der Waals surface area contributed by atoms with E-state index in [1.54, 1.807) is 11.4 Å². The molecule has 1 amide bonds. The molecule has 1 aromatic carbocycles. The molecule has 0 aliphatic rings. The Labute approximate surface area is 165 Å². The molecule has 3 aromatic rings. The summed E-state index contributed by atoms with van der Waals surface area (Å²) in [6, 6.07) is 9.42. The molecule has 0 unspecified atom stereocenters. The van der Waals surface area contributed by atoms with Gasteiger partial charge in [-0.25, -0.2) is 4.98 Å². The maximum atomic E-state index is 12.5. The number of halogens is 1. The van der Waals surface area contributed by atoms with Crippen molar-refractivity contribution in [2.45, 2.75) is 37.2 Å². The van der Waals surface area contributed by atoms with Gasteiger partial charge in [-0.05, 0) is 43.0 Å². The lowest BCUT2D eigenvalue weighted by atomic mass is 10.3. The number of rotatable bonds is 6. The summed E-state index contributed by atoms with van der Waals surface area (Å²) in [5.74, 6) is -0.151. The van der Waals surface area contributed by atoms with Crippen molar-refractivity contribution in [1.82, 2.24) is 9.55 Å². The quantitative estimate of drug-likeness (QED) is 0.576. The lowest BCUT2D eigenvalue weighted by molar-refractivity contribution is -0.115. The summed E-state index contributed by atoms with van der Waals surface area (Å²) in [4.78, 5) is 17.2. The van der Waals surface area contributed by atoms with Gasteiger partial charge in [0.25, 0.3) is 0 Å². The van der Waals surface area contributed by atoms with Crippen LogP contribution in [0.15, 0.2) is 34.8 Å². The number of aromatic nitrogens is 2. The third-order valence-corrected chi connectivity index (χ3v) is 5.95. The predicted molar refractivity (Wildman–Crippen MR) is 108 cm³/mol. The van der Waals surface area contributed by atoms with Crippen LogP contribution in [0.4, 0.5) is 5.00 Å². The number of nitriles is 1. The monoisotopic (exact) mass is 404 g/mol. The zero-order chi connectivity index (χ0) is 18.7. The summed E-state index contributed by atoms with van der Waals surface area (Å²) >= 11 is 8.82. The molecular formula is C18H17ClN4OS2. The van der Waals surface area contributed by atoms with Crippen LogP contribution < -0.4 is 5.32 Å². The highest BCUT2D eigenvalue weighted by Gasteiger charge is 2.20. The minimum Gasteiger partial charge on any atom is -0.319 e. The lowest BCUT2D eigenvalue weighted by Gasteiger charge is -2.12. The Hall–Kier alpha value is -2.01. The van der Waals surface area contributed by atoms with Gasteiger partial charge >= 0.3 is 0 Å². The molecule has 1 N–H and O–H groups in total. The van der Waals surface area contributed by atoms with Gasteiger partial charge in [0.1, 0.15) is 11.1 Å². The summed E-state index contributed by atoms with van der Waals surface area (Å²) in [6.45, 7) is 4.76. The van der Waals surface area contributed by atoms with Crippen LogP contribution in [0.2, 0.25) is 5.02 Å². The number of hydrogen-bond donors (Lipinski definition) is 1. The Kier molecular flexibility index (Phi) is 5.87. The van der Waals surface area contributed by atoms with Crippen LogP contribution in [0.1, 0.15) is 25.8 Å². The smallest absolute Gasteiger partial charge is 0.238 e. The largest absolute Gasteiger partial charge is 0.319 e. The van der Waals surface area contributed by atoms with E-state index in [0.29, 0.717) is 15.6 Å². The van der Waals surface area contributed by atoms with E-state index in [4.69, 9.17) is 16.9 Å². The standard InChI is InChI=1S/C18H17ClN4OS2/c1-3-7-23-15-5-4-13(19)9-14(15)21-18(23)26-11(2)16(24)22-17-12(10-20)6-8-25-17/h4-6,8-9,11H,3,7H2,1-2H3,(H,22,24)/t11-/m0/s1. The van der Waals surface area contributed by atoms with E-state index in [0.717, 1.165) is 29.2 Å². The molecule has 134 valence electrons. The summed E-state index contributed by atoms with van der Waals surface area (Å²) in [7, 11) is 0. The Morgan fingerprint density at radius 2 is 2.31 bits per heavy atom. The molecule has 0 aliphatic carbocycles. The maximum Gasteiger partial charge on any atom is 0.238 e. The van der Waals surface area contributed by atoms with Crippen molar-refractivity contribution in [1.29, 1.82) is 5.26 Å². The molecule has 0 spiro atoms. The number of hydrogen-bond acceptors (Lipinski definition) is 5. The molecule has 2 heterocycles. The summed E-state index contributed by atoms with van der Waals surface area (Å²) < 4.78 is 2.12. The van der Waals surface area contributed by atoms with Gasteiger partial charge in [-0.2, -0.15) is 5.26 Å². The third-order valence-electron chi connectivity index (χ3n) is 3.80. The number of nitrogens with one attached hydrogen (secondary N) is 1. The zero-order valence-electron chi connectivity index (χ0n) is 14.3. The van der Waals surface area contributed by atoms with E-state index in [1.165, 1.54) is 23.1 Å². The number of fused-ring (bicyclic) bond motifs is 1. The van der Waals surface area contributed by atoms with Gasteiger partial charge in [0.2, 0.25) is 5.91 Å². The van der Waals surface area contributed by atoms with Crippen LogP contribution in [-0.2, 0) is 11.3 Å². The maximum absolute atomic E-state index is 12.5. The molecule has 0 fully saturated rings. The molecule has 0 radical (unpaired) electrons. The van der Waals surface area contributed by atoms with Crippen LogP contribution in [0.25, 0.3) is 11.0 Å². The zero-order valence-corrected chi connectivity index (χ0v) is 16.7. The number of thiophene rings is 1. The molecule has 0 saturated carbocycles. The predicted octanol–water partition coefficient (Wildman–Crippen LogP) is 5.15. The minimum atomic E-state index is -0.355. The second-order valence-corrected chi connectivity index (χ2v) is 8.36. The van der Waals surface area contributed by atoms with Crippen molar-refractivity contribution >= 4 is 56.6 Å². The number of anilines is 1. The fourth-order valence-corrected chi connectivity index (χ4v) is 4.39. The number of amides is 1. The highest BCUT2D eigenvalue weighted by molar-refractivity contribution is 8.00. The minimum absolute atomic E-state index is 0.151. The van der Waals surface area contributed by atoms with Gasteiger partial charge in [-0.1, -0.05) is 30.3 Å². The number of carbonyl (C=O) groups excluding carboxylic acids is 1. The van der Waals surface area contributed by atoms with Crippen LogP contribution in [0, 0.1) is 11.3 Å². The first-order chi connectivity index (χ1) is 12.5. The Morgan fingerprint density at radius 1 is 1.50 bits per heavy atom. The third kappa shape index (κ3) is 3.88. The van der Waals surface area contributed by atoms with Gasteiger partial charge in [0.05, 0.1) is 21.8 Å². The fraction of sp³-hybridized carbons (Fsp3) is 0.278. The van der Waals surface area contributed by atoms with Crippen LogP contribution in [-0.4, -0.2) is 20.7 Å². The highest BCUT2D eigenvalue weighted by atomic mass is 35.5. The van der Waals surface area contributed by atoms with Crippen molar-refractivity contribution in [3.8, 4) is 6.07 Å². The van der Waals surface area contributed by atoms with E-state index in [9.17, 15) is 4.79 Å². The molecule has 8 heteroatoms. The van der Waals surface area contributed by atoms with E-state index < -0.39 is 0 Å². The second kappa shape index (κ2) is 8.12. The van der Waals surface area contributed by atoms with Crippen molar-refractivity contribution in [3.05, 3.63) is 40.2 Å². The van der Waals surface area contributed by atoms with Gasteiger partial charge in [-0.3, -0.25) is 4.79 Å². The van der Waals surface area contributed by atoms with E-state index in [1.807, 2.05) is 25.1 Å². The molecule has 3 rings (SSSR count). The average molecular weight is 405 g/mol. The van der Waals surface area contributed by atoms with Crippen LogP contribution in [0.3, 0.4) is 0 Å². The van der Waals surface area contributed by atoms with E-state index >= 15 is 0 Å². The number of nitrogens with zero attached hydrogens (tertiary/aromatic N) is 3. The summed E-state index contributed by atoms with van der Waals surface area (Å²) in [5, 5.41) is 15.3. The Bertz CT molecular complexity index is 989. The number of aryl methyl sites for hydroxylation is 1. The molecular weight excluding hydrogens is 388 g/mol. The first kappa shape index (κ1) is 18.8. The molecule has 0 saturated heterocycles. The van der Waals surface area contributed by atoms with Crippen molar-refractivity contribution in [2.75, 3.05) is 5.32 Å². The van der Waals surface area contributed by atoms with Crippen LogP contribution >= 0.6 is 34.7 Å². The molecule has 2 aromatic heterocycles. The van der Waals surface area contributed by atoms with Gasteiger partial charge < -0.3 is 9.88 Å². The Morgan fingerprint density at radius 3 is 3.04 bits per heavy atom. The average Bonchev–Trinajstić information content (AvgIpc) is 3.19. The fourth-order valence-electron chi connectivity index (χ4n) is 2.53. The first-order valence-corrected chi connectivity index (χ1v) is 10.3. The second-order valence-electron chi connectivity index (χ2n) is 5.70. The molecule has 0 aliphatic heterocycles. The van der Waals surface area contributed by atoms with E-state index in [-0.39, 0.29) is 11.2 Å². The molecule has 26 heavy (non-hydrogen) atoms. The van der Waals surface area contributed by atoms with Crippen molar-refractivity contribution in [2.24, 2.45) is 0 Å². The van der Waals surface area contributed by atoms with Gasteiger partial charge in [-0.15, -0.1) is 11.3 Å². The topological polar surface area (TPSA) is 70.7 Å². The van der Waals surface area contributed by atoms with Gasteiger partial charge in [0.15, 0.2) is 5.16 Å². The normalized spacial score (nSPS) is 12.1. The van der Waals surface area contributed by atoms with Crippen molar-refractivity contribution < 1.29 is 4.79 Å². The van der Waals surface area contributed by atoms with Gasteiger partial charge in [0, 0.05) is 11.6 Å². The van der Waals surface area contributed by atoms with Crippen LogP contribution in [0.5, 0.6) is 0 Å². The summed E-state index contributed by atoms with van der Waals surface area (Å²) in [5.41, 5.74) is 2.32. The lowest BCUT2D eigenvalue weighted by Crippen LogP contribution is -2.22. The Balaban J connectivity index is 1.82. The summed E-state index contributed by atoms with van der Waals surface area (Å²) in [6.07, 6.45) is 0.961. The first-order valence-electron chi connectivity index (χ1n) is 8.14. The SMILES string of the molecule is CCCn1c(S[C@@H](C)C(=O)Nc2sccc2C#N)nc2cc(Cl)ccc21. The molecule has 0 bridgehead atoms. The van der Waals surface area contributed by atoms with E-state index in [2.05, 4.69) is 27.9 Å². The number of thioether (sulfide) groups is 1.